The summed E-state index contributed by atoms with van der Waals surface area (Å²) in [7, 11) is 0. The number of hydrogen-bond donors (Lipinski definition) is 1. The summed E-state index contributed by atoms with van der Waals surface area (Å²) in [6.07, 6.45) is -1.16. The third-order valence-electron chi connectivity index (χ3n) is 2.86. The second kappa shape index (κ2) is 5.35. The average Bonchev–Trinajstić information content (AvgIpc) is 2.39. The lowest BCUT2D eigenvalue weighted by molar-refractivity contribution is 0.218. The smallest absolute Gasteiger partial charge is 0.173 e. The molecular weight excluding hydrogens is 321 g/mol. The molecule has 1 nitrogen and oxygen atoms in total. The quantitative estimate of drug-likeness (QED) is 0.816. The fraction of sp³-hybridized carbons (Fsp3) is 0.143. The van der Waals surface area contributed by atoms with E-state index in [4.69, 9.17) is 0 Å². The molecule has 0 fully saturated rings. The molecule has 1 atom stereocenters. The molecule has 0 aliphatic rings. The molecule has 19 heavy (non-hydrogen) atoms. The van der Waals surface area contributed by atoms with Crippen molar-refractivity contribution in [1.29, 1.82) is 0 Å². The maximum atomic E-state index is 13.4. The molecule has 0 aliphatic carbocycles. The van der Waals surface area contributed by atoms with E-state index in [0.717, 1.165) is 6.07 Å². The molecule has 5 heteroatoms. The van der Waals surface area contributed by atoms with E-state index in [1.54, 1.807) is 6.92 Å². The van der Waals surface area contributed by atoms with Crippen molar-refractivity contribution in [1.82, 2.24) is 0 Å². The van der Waals surface area contributed by atoms with Crippen LogP contribution in [0.1, 0.15) is 22.8 Å². The Morgan fingerprint density at radius 2 is 1.68 bits per heavy atom. The van der Waals surface area contributed by atoms with Crippen molar-refractivity contribution in [3.63, 3.8) is 0 Å². The Labute approximate surface area is 116 Å². The Morgan fingerprint density at radius 3 is 2.32 bits per heavy atom. The van der Waals surface area contributed by atoms with E-state index in [0.29, 0.717) is 11.1 Å². The Kier molecular flexibility index (Phi) is 3.96. The Bertz CT molecular complexity index is 628. The normalized spacial score (nSPS) is 12.5. The van der Waals surface area contributed by atoms with Crippen LogP contribution in [0, 0.1) is 24.4 Å². The third-order valence-corrected chi connectivity index (χ3v) is 3.66. The lowest BCUT2D eigenvalue weighted by Crippen LogP contribution is -2.04. The van der Waals surface area contributed by atoms with Gasteiger partial charge in [-0.2, -0.15) is 0 Å². The zero-order valence-corrected chi connectivity index (χ0v) is 11.5. The van der Waals surface area contributed by atoms with Gasteiger partial charge in [-0.3, -0.25) is 0 Å². The molecule has 0 aromatic heterocycles. The first kappa shape index (κ1) is 14.1. The molecule has 2 aromatic rings. The number of benzene rings is 2. The highest BCUT2D eigenvalue weighted by Gasteiger charge is 2.19. The maximum Gasteiger partial charge on any atom is 0.173 e. The lowest BCUT2D eigenvalue weighted by Gasteiger charge is -2.14. The molecule has 0 heterocycles. The van der Waals surface area contributed by atoms with Gasteiger partial charge in [-0.25, -0.2) is 13.2 Å². The van der Waals surface area contributed by atoms with Crippen LogP contribution < -0.4 is 0 Å². The molecule has 2 rings (SSSR count). The van der Waals surface area contributed by atoms with Crippen molar-refractivity contribution in [3.8, 4) is 0 Å². The van der Waals surface area contributed by atoms with Crippen LogP contribution in [-0.2, 0) is 0 Å². The maximum absolute atomic E-state index is 13.4. The highest BCUT2D eigenvalue weighted by atomic mass is 79.9. The number of halogens is 4. The van der Waals surface area contributed by atoms with Crippen LogP contribution in [0.3, 0.4) is 0 Å². The summed E-state index contributed by atoms with van der Waals surface area (Å²) in [5.41, 5.74) is 0.964. The van der Waals surface area contributed by atoms with E-state index in [-0.39, 0.29) is 15.9 Å². The minimum atomic E-state index is -1.16. The minimum Gasteiger partial charge on any atom is -0.384 e. The van der Waals surface area contributed by atoms with Crippen LogP contribution in [-0.4, -0.2) is 5.11 Å². The number of hydrogen-bond acceptors (Lipinski definition) is 1. The Morgan fingerprint density at radius 1 is 1.05 bits per heavy atom. The van der Waals surface area contributed by atoms with Crippen molar-refractivity contribution in [3.05, 3.63) is 68.9 Å². The molecule has 0 amide bonds. The molecular formula is C14H10BrF3O. The summed E-state index contributed by atoms with van der Waals surface area (Å²) in [6, 6.07) is 6.32. The number of aliphatic hydroxyl groups excluding tert-OH is 1. The fourth-order valence-corrected chi connectivity index (χ4v) is 2.31. The van der Waals surface area contributed by atoms with Crippen molar-refractivity contribution in [2.45, 2.75) is 13.0 Å². The zero-order chi connectivity index (χ0) is 14.2. The second-order valence-electron chi connectivity index (χ2n) is 4.18. The van der Waals surface area contributed by atoms with Gasteiger partial charge in [0.1, 0.15) is 11.9 Å². The summed E-state index contributed by atoms with van der Waals surface area (Å²) >= 11 is 2.91. The van der Waals surface area contributed by atoms with Crippen molar-refractivity contribution < 1.29 is 18.3 Å². The van der Waals surface area contributed by atoms with Gasteiger partial charge in [-0.05, 0) is 46.1 Å². The predicted octanol–water partition coefficient (Wildman–Crippen LogP) is 4.26. The average molecular weight is 331 g/mol. The first-order valence-electron chi connectivity index (χ1n) is 5.49. The number of aliphatic hydroxyl groups is 1. The summed E-state index contributed by atoms with van der Waals surface area (Å²) in [5.74, 6) is -2.45. The van der Waals surface area contributed by atoms with Crippen molar-refractivity contribution in [2.24, 2.45) is 0 Å². The first-order chi connectivity index (χ1) is 8.91. The summed E-state index contributed by atoms with van der Waals surface area (Å²) < 4.78 is 39.4. The van der Waals surface area contributed by atoms with Crippen molar-refractivity contribution >= 4 is 15.9 Å². The lowest BCUT2D eigenvalue weighted by atomic mass is 9.99. The van der Waals surface area contributed by atoms with Gasteiger partial charge in [0.15, 0.2) is 11.6 Å². The first-order valence-corrected chi connectivity index (χ1v) is 6.28. The zero-order valence-electron chi connectivity index (χ0n) is 9.92. The minimum absolute atomic E-state index is 0.137. The molecule has 0 radical (unpaired) electrons. The van der Waals surface area contributed by atoms with Crippen LogP contribution in [0.15, 0.2) is 34.8 Å². The van der Waals surface area contributed by atoms with E-state index in [1.807, 2.05) is 0 Å². The summed E-state index contributed by atoms with van der Waals surface area (Å²) in [4.78, 5) is 0. The fourth-order valence-electron chi connectivity index (χ4n) is 1.77. The molecule has 0 saturated heterocycles. The van der Waals surface area contributed by atoms with Gasteiger partial charge in [-0.1, -0.05) is 18.2 Å². The van der Waals surface area contributed by atoms with E-state index in [1.165, 1.54) is 24.3 Å². The van der Waals surface area contributed by atoms with Crippen LogP contribution >= 0.6 is 15.9 Å². The summed E-state index contributed by atoms with van der Waals surface area (Å²) in [5, 5.41) is 10.2. The van der Waals surface area contributed by atoms with E-state index in [9.17, 15) is 18.3 Å². The Hall–Kier alpha value is -1.33. The van der Waals surface area contributed by atoms with E-state index < -0.39 is 17.7 Å². The Balaban J connectivity index is 2.47. The van der Waals surface area contributed by atoms with Crippen LogP contribution in [0.2, 0.25) is 0 Å². The van der Waals surface area contributed by atoms with E-state index in [2.05, 4.69) is 15.9 Å². The standard InChI is InChI=1S/C14H10BrF3O/c1-7-6-8(2-4-10(7)16)14(19)9-3-5-11(17)13(18)12(9)15/h2-6,14,19H,1H3. The van der Waals surface area contributed by atoms with Gasteiger partial charge in [0.05, 0.1) is 4.47 Å². The van der Waals surface area contributed by atoms with Gasteiger partial charge < -0.3 is 5.11 Å². The van der Waals surface area contributed by atoms with Gasteiger partial charge >= 0.3 is 0 Å². The predicted molar refractivity (Wildman–Crippen MR) is 69.3 cm³/mol. The third kappa shape index (κ3) is 2.67. The van der Waals surface area contributed by atoms with Gasteiger partial charge in [0, 0.05) is 5.56 Å². The van der Waals surface area contributed by atoms with Gasteiger partial charge in [0.2, 0.25) is 0 Å². The van der Waals surface area contributed by atoms with Crippen LogP contribution in [0.5, 0.6) is 0 Å². The molecule has 0 aliphatic heterocycles. The molecule has 0 bridgehead atoms. The number of aryl methyl sites for hydroxylation is 1. The molecule has 0 spiro atoms. The monoisotopic (exact) mass is 330 g/mol. The largest absolute Gasteiger partial charge is 0.384 e. The topological polar surface area (TPSA) is 20.2 Å². The molecule has 1 N–H and O–H groups in total. The molecule has 1 unspecified atom stereocenters. The van der Waals surface area contributed by atoms with Gasteiger partial charge in [-0.15, -0.1) is 0 Å². The highest BCUT2D eigenvalue weighted by molar-refractivity contribution is 9.10. The van der Waals surface area contributed by atoms with Crippen molar-refractivity contribution in [2.75, 3.05) is 0 Å². The van der Waals surface area contributed by atoms with Gasteiger partial charge in [0.25, 0.3) is 0 Å². The second-order valence-corrected chi connectivity index (χ2v) is 4.97. The number of rotatable bonds is 2. The molecule has 2 aromatic carbocycles. The SMILES string of the molecule is Cc1cc(C(O)c2ccc(F)c(F)c2Br)ccc1F. The van der Waals surface area contributed by atoms with Crippen LogP contribution in [0.25, 0.3) is 0 Å². The molecule has 100 valence electrons. The van der Waals surface area contributed by atoms with Crippen LogP contribution in [0.4, 0.5) is 13.2 Å². The molecule has 0 saturated carbocycles. The van der Waals surface area contributed by atoms with E-state index >= 15 is 0 Å². The highest BCUT2D eigenvalue weighted by Crippen LogP contribution is 2.32. The summed E-state index contributed by atoms with van der Waals surface area (Å²) in [6.45, 7) is 1.56.